The molecule has 0 radical (unpaired) electrons. The first-order valence-corrected chi connectivity index (χ1v) is 5.88. The maximum Gasteiger partial charge on any atom is 0.335 e. The first-order chi connectivity index (χ1) is 8.50. The monoisotopic (exact) mass is 244 g/mol. The number of rotatable bonds is 3. The van der Waals surface area contributed by atoms with E-state index in [-0.39, 0.29) is 6.04 Å². The van der Waals surface area contributed by atoms with Crippen molar-refractivity contribution in [2.45, 2.75) is 26.8 Å². The molecule has 0 aliphatic heterocycles. The second-order valence-electron chi connectivity index (χ2n) is 4.59. The second kappa shape index (κ2) is 4.64. The number of hydrogen-bond acceptors (Lipinski definition) is 2. The van der Waals surface area contributed by atoms with Gasteiger partial charge in [-0.15, -0.1) is 0 Å². The lowest BCUT2D eigenvalue weighted by Gasteiger charge is -2.12. The molecule has 2 rings (SSSR count). The largest absolute Gasteiger partial charge is 0.478 e. The molecule has 1 aromatic carbocycles. The number of aromatic carboxylic acids is 1. The first-order valence-electron chi connectivity index (χ1n) is 5.88. The second-order valence-corrected chi connectivity index (χ2v) is 4.59. The third kappa shape index (κ3) is 2.14. The molecule has 1 N–H and O–H groups in total. The summed E-state index contributed by atoms with van der Waals surface area (Å²) < 4.78 is 1.89. The SMILES string of the molecule is Cc1ccc(-c2ccnn2C(C)C)cc1C(=O)O. The summed E-state index contributed by atoms with van der Waals surface area (Å²) in [5.74, 6) is -0.898. The number of carboxylic acid groups (broad SMARTS) is 1. The van der Waals surface area contributed by atoms with E-state index < -0.39 is 5.97 Å². The third-order valence-corrected chi connectivity index (χ3v) is 2.92. The van der Waals surface area contributed by atoms with Gasteiger partial charge in [0.05, 0.1) is 11.3 Å². The van der Waals surface area contributed by atoms with Gasteiger partial charge < -0.3 is 5.11 Å². The van der Waals surface area contributed by atoms with Gasteiger partial charge in [-0.2, -0.15) is 5.10 Å². The Morgan fingerprint density at radius 2 is 2.06 bits per heavy atom. The van der Waals surface area contributed by atoms with Gasteiger partial charge in [-0.05, 0) is 38.5 Å². The summed E-state index contributed by atoms with van der Waals surface area (Å²) in [6, 6.07) is 7.60. The molecule has 0 fully saturated rings. The van der Waals surface area contributed by atoms with Gasteiger partial charge in [0.25, 0.3) is 0 Å². The van der Waals surface area contributed by atoms with E-state index in [9.17, 15) is 4.79 Å². The van der Waals surface area contributed by atoms with Crippen molar-refractivity contribution in [1.82, 2.24) is 9.78 Å². The van der Waals surface area contributed by atoms with E-state index in [2.05, 4.69) is 5.10 Å². The minimum atomic E-state index is -0.898. The fraction of sp³-hybridized carbons (Fsp3) is 0.286. The van der Waals surface area contributed by atoms with E-state index in [1.807, 2.05) is 36.7 Å². The molecule has 4 heteroatoms. The van der Waals surface area contributed by atoms with Gasteiger partial charge in [0.15, 0.2) is 0 Å². The summed E-state index contributed by atoms with van der Waals surface area (Å²) in [6.45, 7) is 5.89. The molecule has 94 valence electrons. The van der Waals surface area contributed by atoms with E-state index in [0.717, 1.165) is 16.8 Å². The van der Waals surface area contributed by atoms with Crippen molar-refractivity contribution in [2.24, 2.45) is 0 Å². The van der Waals surface area contributed by atoms with Crippen molar-refractivity contribution >= 4 is 5.97 Å². The average molecular weight is 244 g/mol. The van der Waals surface area contributed by atoms with Crippen molar-refractivity contribution < 1.29 is 9.90 Å². The molecular weight excluding hydrogens is 228 g/mol. The fourth-order valence-corrected chi connectivity index (χ4v) is 1.97. The van der Waals surface area contributed by atoms with E-state index >= 15 is 0 Å². The van der Waals surface area contributed by atoms with Gasteiger partial charge in [0.1, 0.15) is 0 Å². The van der Waals surface area contributed by atoms with Crippen LogP contribution in [0.3, 0.4) is 0 Å². The molecular formula is C14H16N2O2. The molecule has 0 amide bonds. The van der Waals surface area contributed by atoms with Gasteiger partial charge in [-0.3, -0.25) is 4.68 Å². The highest BCUT2D eigenvalue weighted by atomic mass is 16.4. The molecule has 0 aliphatic carbocycles. The van der Waals surface area contributed by atoms with Crippen LogP contribution in [0.4, 0.5) is 0 Å². The highest BCUT2D eigenvalue weighted by Crippen LogP contribution is 2.24. The Labute approximate surface area is 106 Å². The number of aromatic nitrogens is 2. The summed E-state index contributed by atoms with van der Waals surface area (Å²) in [7, 11) is 0. The lowest BCUT2D eigenvalue weighted by atomic mass is 10.0. The number of nitrogens with zero attached hydrogens (tertiary/aromatic N) is 2. The highest BCUT2D eigenvalue weighted by molar-refractivity contribution is 5.91. The maximum atomic E-state index is 11.1. The lowest BCUT2D eigenvalue weighted by Crippen LogP contribution is -2.05. The molecule has 0 saturated heterocycles. The Morgan fingerprint density at radius 1 is 1.33 bits per heavy atom. The van der Waals surface area contributed by atoms with E-state index in [1.54, 1.807) is 19.2 Å². The Hall–Kier alpha value is -2.10. The van der Waals surface area contributed by atoms with Crippen LogP contribution in [0.15, 0.2) is 30.5 Å². The first kappa shape index (κ1) is 12.4. The van der Waals surface area contributed by atoms with Crippen LogP contribution in [0.1, 0.15) is 35.8 Å². The molecule has 18 heavy (non-hydrogen) atoms. The standard InChI is InChI=1S/C14H16N2O2/c1-9(2)16-13(6-7-15-16)11-5-4-10(3)12(8-11)14(17)18/h4-9H,1-3H3,(H,17,18). The quantitative estimate of drug-likeness (QED) is 0.902. The highest BCUT2D eigenvalue weighted by Gasteiger charge is 2.12. The Bertz CT molecular complexity index is 585. The third-order valence-electron chi connectivity index (χ3n) is 2.92. The van der Waals surface area contributed by atoms with Crippen LogP contribution >= 0.6 is 0 Å². The zero-order valence-corrected chi connectivity index (χ0v) is 10.7. The van der Waals surface area contributed by atoms with Crippen LogP contribution in [-0.2, 0) is 0 Å². The molecule has 0 saturated carbocycles. The summed E-state index contributed by atoms with van der Waals surface area (Å²) >= 11 is 0. The minimum absolute atomic E-state index is 0.240. The van der Waals surface area contributed by atoms with E-state index in [1.165, 1.54) is 0 Å². The van der Waals surface area contributed by atoms with Crippen LogP contribution < -0.4 is 0 Å². The molecule has 2 aromatic rings. The molecule has 1 aromatic heterocycles. The smallest absolute Gasteiger partial charge is 0.335 e. The minimum Gasteiger partial charge on any atom is -0.478 e. The number of benzene rings is 1. The predicted molar refractivity (Wildman–Crippen MR) is 69.7 cm³/mol. The van der Waals surface area contributed by atoms with E-state index in [0.29, 0.717) is 5.56 Å². The van der Waals surface area contributed by atoms with Crippen LogP contribution in [0.25, 0.3) is 11.3 Å². The number of aryl methyl sites for hydroxylation is 1. The Balaban J connectivity index is 2.54. The summed E-state index contributed by atoms with van der Waals surface area (Å²) in [5, 5.41) is 13.4. The number of hydrogen-bond donors (Lipinski definition) is 1. The van der Waals surface area contributed by atoms with Gasteiger partial charge in [-0.1, -0.05) is 12.1 Å². The van der Waals surface area contributed by atoms with Crippen molar-refractivity contribution in [3.63, 3.8) is 0 Å². The molecule has 0 aliphatic rings. The average Bonchev–Trinajstić information content (AvgIpc) is 2.78. The molecule has 4 nitrogen and oxygen atoms in total. The van der Waals surface area contributed by atoms with Crippen molar-refractivity contribution in [1.29, 1.82) is 0 Å². The Morgan fingerprint density at radius 3 is 2.67 bits per heavy atom. The van der Waals surface area contributed by atoms with Gasteiger partial charge >= 0.3 is 5.97 Å². The predicted octanol–water partition coefficient (Wildman–Crippen LogP) is 3.14. The fourth-order valence-electron chi connectivity index (χ4n) is 1.97. The van der Waals surface area contributed by atoms with Crippen molar-refractivity contribution in [3.05, 3.63) is 41.6 Å². The topological polar surface area (TPSA) is 55.1 Å². The summed E-state index contributed by atoms with van der Waals surface area (Å²) in [4.78, 5) is 11.1. The van der Waals surface area contributed by atoms with Crippen LogP contribution in [-0.4, -0.2) is 20.9 Å². The zero-order chi connectivity index (χ0) is 13.3. The number of carboxylic acids is 1. The summed E-state index contributed by atoms with van der Waals surface area (Å²) in [5.41, 5.74) is 2.92. The lowest BCUT2D eigenvalue weighted by molar-refractivity contribution is 0.0696. The normalized spacial score (nSPS) is 10.9. The van der Waals surface area contributed by atoms with Crippen LogP contribution in [0, 0.1) is 6.92 Å². The van der Waals surface area contributed by atoms with Crippen molar-refractivity contribution in [3.8, 4) is 11.3 Å². The zero-order valence-electron chi connectivity index (χ0n) is 10.7. The molecule has 0 atom stereocenters. The van der Waals surface area contributed by atoms with Gasteiger partial charge in [-0.25, -0.2) is 4.79 Å². The summed E-state index contributed by atoms with van der Waals surface area (Å²) in [6.07, 6.45) is 1.73. The van der Waals surface area contributed by atoms with Gasteiger partial charge in [0, 0.05) is 17.8 Å². The molecule has 0 spiro atoms. The molecule has 0 bridgehead atoms. The van der Waals surface area contributed by atoms with E-state index in [4.69, 9.17) is 5.11 Å². The maximum absolute atomic E-state index is 11.1. The van der Waals surface area contributed by atoms with Crippen LogP contribution in [0.5, 0.6) is 0 Å². The Kier molecular flexibility index (Phi) is 3.19. The number of carbonyl (C=O) groups is 1. The molecule has 1 heterocycles. The van der Waals surface area contributed by atoms with Gasteiger partial charge in [0.2, 0.25) is 0 Å². The van der Waals surface area contributed by atoms with Crippen molar-refractivity contribution in [2.75, 3.05) is 0 Å². The van der Waals surface area contributed by atoms with Crippen LogP contribution in [0.2, 0.25) is 0 Å². The molecule has 0 unspecified atom stereocenters.